The van der Waals surface area contributed by atoms with Gasteiger partial charge in [0.25, 0.3) is 0 Å². The monoisotopic (exact) mass is 310 g/mol. The highest BCUT2D eigenvalue weighted by Crippen LogP contribution is 2.25. The van der Waals surface area contributed by atoms with E-state index in [4.69, 9.17) is 16.7 Å². The zero-order valence-corrected chi connectivity index (χ0v) is 12.7. The van der Waals surface area contributed by atoms with Crippen molar-refractivity contribution < 1.29 is 14.7 Å². The van der Waals surface area contributed by atoms with Crippen LogP contribution in [0.2, 0.25) is 5.02 Å². The number of nitrogens with zero attached hydrogens (tertiary/aromatic N) is 1. The Bertz CT molecular complexity index is 542. The standard InChI is InChI=1S/C15H19ClN2O3/c1-10-6-7-11(16)8-13(10)17-15(21)18(9-14(19)20)12-4-2-3-5-12/h6-8,12H,2-5,9H2,1H3,(H,17,21)(H,19,20). The molecule has 2 rings (SSSR count). The van der Waals surface area contributed by atoms with Crippen molar-refractivity contribution in [2.45, 2.75) is 38.6 Å². The third kappa shape index (κ3) is 4.11. The van der Waals surface area contributed by atoms with Crippen molar-refractivity contribution in [3.05, 3.63) is 28.8 Å². The molecule has 2 N–H and O–H groups in total. The lowest BCUT2D eigenvalue weighted by atomic mass is 10.2. The molecule has 0 heterocycles. The number of amides is 2. The molecule has 2 amide bonds. The van der Waals surface area contributed by atoms with Crippen molar-refractivity contribution in [2.75, 3.05) is 11.9 Å². The minimum absolute atomic E-state index is 0.000547. The van der Waals surface area contributed by atoms with Gasteiger partial charge in [-0.05, 0) is 37.5 Å². The minimum Gasteiger partial charge on any atom is -0.480 e. The summed E-state index contributed by atoms with van der Waals surface area (Å²) in [6.45, 7) is 1.58. The molecule has 1 aromatic carbocycles. The number of aliphatic carboxylic acids is 1. The fraction of sp³-hybridized carbons (Fsp3) is 0.467. The highest BCUT2D eigenvalue weighted by atomic mass is 35.5. The van der Waals surface area contributed by atoms with E-state index in [9.17, 15) is 9.59 Å². The van der Waals surface area contributed by atoms with Gasteiger partial charge < -0.3 is 15.3 Å². The second-order valence-corrected chi connectivity index (χ2v) is 5.79. The van der Waals surface area contributed by atoms with Crippen molar-refractivity contribution in [2.24, 2.45) is 0 Å². The number of urea groups is 1. The second-order valence-electron chi connectivity index (χ2n) is 5.35. The Kier molecular flexibility index (Phi) is 5.07. The molecule has 6 heteroatoms. The molecule has 0 aliphatic heterocycles. The van der Waals surface area contributed by atoms with E-state index in [0.717, 1.165) is 31.2 Å². The molecule has 5 nitrogen and oxygen atoms in total. The van der Waals surface area contributed by atoms with Crippen LogP contribution in [0.4, 0.5) is 10.5 Å². The number of halogens is 1. The van der Waals surface area contributed by atoms with Gasteiger partial charge in [-0.1, -0.05) is 30.5 Å². The Morgan fingerprint density at radius 2 is 2.05 bits per heavy atom. The van der Waals surface area contributed by atoms with Crippen LogP contribution in [0, 0.1) is 6.92 Å². The van der Waals surface area contributed by atoms with E-state index < -0.39 is 5.97 Å². The molecule has 21 heavy (non-hydrogen) atoms. The third-order valence-corrected chi connectivity index (χ3v) is 4.01. The first-order valence-corrected chi connectivity index (χ1v) is 7.40. The number of aryl methyl sites for hydroxylation is 1. The van der Waals surface area contributed by atoms with Gasteiger partial charge in [0.15, 0.2) is 0 Å². The fourth-order valence-electron chi connectivity index (χ4n) is 2.64. The molecular weight excluding hydrogens is 292 g/mol. The van der Waals surface area contributed by atoms with E-state index in [1.807, 2.05) is 13.0 Å². The zero-order chi connectivity index (χ0) is 15.4. The van der Waals surface area contributed by atoms with Crippen LogP contribution in [0.3, 0.4) is 0 Å². The van der Waals surface area contributed by atoms with Crippen molar-refractivity contribution in [3.63, 3.8) is 0 Å². The number of carboxylic acids is 1. The summed E-state index contributed by atoms with van der Waals surface area (Å²) in [7, 11) is 0. The lowest BCUT2D eigenvalue weighted by Crippen LogP contribution is -2.44. The summed E-state index contributed by atoms with van der Waals surface area (Å²) in [5.74, 6) is -1.00. The molecule has 0 radical (unpaired) electrons. The van der Waals surface area contributed by atoms with E-state index in [2.05, 4.69) is 5.32 Å². The first-order chi connectivity index (χ1) is 9.97. The average Bonchev–Trinajstić information content (AvgIpc) is 2.93. The zero-order valence-electron chi connectivity index (χ0n) is 11.9. The molecule has 1 aliphatic rings. The Morgan fingerprint density at radius 1 is 1.38 bits per heavy atom. The fourth-order valence-corrected chi connectivity index (χ4v) is 2.82. The number of rotatable bonds is 4. The van der Waals surface area contributed by atoms with Gasteiger partial charge in [0.1, 0.15) is 6.54 Å². The maximum absolute atomic E-state index is 12.4. The van der Waals surface area contributed by atoms with E-state index in [-0.39, 0.29) is 18.6 Å². The van der Waals surface area contributed by atoms with Crippen LogP contribution in [-0.2, 0) is 4.79 Å². The number of carboxylic acid groups (broad SMARTS) is 1. The van der Waals surface area contributed by atoms with Crippen molar-refractivity contribution in [1.82, 2.24) is 4.90 Å². The van der Waals surface area contributed by atoms with Gasteiger partial charge in [-0.15, -0.1) is 0 Å². The average molecular weight is 311 g/mol. The van der Waals surface area contributed by atoms with Crippen LogP contribution in [0.5, 0.6) is 0 Å². The molecule has 0 spiro atoms. The molecule has 1 fully saturated rings. The smallest absolute Gasteiger partial charge is 0.323 e. The summed E-state index contributed by atoms with van der Waals surface area (Å²) >= 11 is 5.93. The highest BCUT2D eigenvalue weighted by molar-refractivity contribution is 6.31. The van der Waals surface area contributed by atoms with E-state index in [1.165, 1.54) is 4.90 Å². The van der Waals surface area contributed by atoms with Crippen LogP contribution in [0.25, 0.3) is 0 Å². The van der Waals surface area contributed by atoms with Gasteiger partial charge in [-0.25, -0.2) is 4.79 Å². The number of benzene rings is 1. The first kappa shape index (κ1) is 15.6. The molecule has 1 saturated carbocycles. The quantitative estimate of drug-likeness (QED) is 0.894. The Labute approximate surface area is 128 Å². The van der Waals surface area contributed by atoms with E-state index in [0.29, 0.717) is 10.7 Å². The molecule has 1 aromatic rings. The van der Waals surface area contributed by atoms with Gasteiger partial charge in [0.05, 0.1) is 0 Å². The normalized spacial score (nSPS) is 15.0. The van der Waals surface area contributed by atoms with Crippen molar-refractivity contribution in [1.29, 1.82) is 0 Å². The minimum atomic E-state index is -1.00. The molecule has 0 aromatic heterocycles. The summed E-state index contributed by atoms with van der Waals surface area (Å²) in [6, 6.07) is 4.85. The van der Waals surface area contributed by atoms with Crippen LogP contribution >= 0.6 is 11.6 Å². The number of carbonyl (C=O) groups is 2. The summed E-state index contributed by atoms with van der Waals surface area (Å²) in [5.41, 5.74) is 1.50. The van der Waals surface area contributed by atoms with Crippen molar-refractivity contribution >= 4 is 29.3 Å². The lowest BCUT2D eigenvalue weighted by Gasteiger charge is -2.27. The van der Waals surface area contributed by atoms with Gasteiger partial charge in [0, 0.05) is 16.8 Å². The van der Waals surface area contributed by atoms with Gasteiger partial charge in [-0.2, -0.15) is 0 Å². The van der Waals surface area contributed by atoms with E-state index >= 15 is 0 Å². The SMILES string of the molecule is Cc1ccc(Cl)cc1NC(=O)N(CC(=O)O)C1CCCC1. The number of nitrogens with one attached hydrogen (secondary N) is 1. The van der Waals surface area contributed by atoms with Gasteiger partial charge in [0.2, 0.25) is 0 Å². The molecule has 0 bridgehead atoms. The third-order valence-electron chi connectivity index (χ3n) is 3.77. The number of hydrogen-bond donors (Lipinski definition) is 2. The maximum Gasteiger partial charge on any atom is 0.323 e. The predicted molar refractivity (Wildman–Crippen MR) is 81.8 cm³/mol. The summed E-state index contributed by atoms with van der Waals surface area (Å²) in [6.07, 6.45) is 3.78. The van der Waals surface area contributed by atoms with E-state index in [1.54, 1.807) is 12.1 Å². The Balaban J connectivity index is 2.13. The number of carbonyl (C=O) groups excluding carboxylic acids is 1. The Morgan fingerprint density at radius 3 is 2.67 bits per heavy atom. The van der Waals surface area contributed by atoms with Crippen LogP contribution in [0.15, 0.2) is 18.2 Å². The molecule has 114 valence electrons. The lowest BCUT2D eigenvalue weighted by molar-refractivity contribution is -0.138. The van der Waals surface area contributed by atoms with Gasteiger partial charge >= 0.3 is 12.0 Å². The van der Waals surface area contributed by atoms with Crippen LogP contribution < -0.4 is 5.32 Å². The van der Waals surface area contributed by atoms with Crippen LogP contribution in [0.1, 0.15) is 31.2 Å². The van der Waals surface area contributed by atoms with Crippen molar-refractivity contribution in [3.8, 4) is 0 Å². The maximum atomic E-state index is 12.4. The molecule has 1 aliphatic carbocycles. The largest absolute Gasteiger partial charge is 0.480 e. The molecule has 0 unspecified atom stereocenters. The summed E-state index contributed by atoms with van der Waals surface area (Å²) in [4.78, 5) is 24.8. The Hall–Kier alpha value is -1.75. The topological polar surface area (TPSA) is 69.6 Å². The number of anilines is 1. The predicted octanol–water partition coefficient (Wildman–Crippen LogP) is 3.51. The summed E-state index contributed by atoms with van der Waals surface area (Å²) in [5, 5.41) is 12.3. The number of hydrogen-bond acceptors (Lipinski definition) is 2. The highest BCUT2D eigenvalue weighted by Gasteiger charge is 2.28. The first-order valence-electron chi connectivity index (χ1n) is 7.03. The van der Waals surface area contributed by atoms with Crippen LogP contribution in [-0.4, -0.2) is 34.6 Å². The summed E-state index contributed by atoms with van der Waals surface area (Å²) < 4.78 is 0. The molecule has 0 saturated heterocycles. The molecular formula is C15H19ClN2O3. The molecule has 0 atom stereocenters. The van der Waals surface area contributed by atoms with Gasteiger partial charge in [-0.3, -0.25) is 4.79 Å². The second kappa shape index (κ2) is 6.80.